The van der Waals surface area contributed by atoms with Crippen LogP contribution >= 0.6 is 0 Å². The summed E-state index contributed by atoms with van der Waals surface area (Å²) in [4.78, 5) is 41.4. The summed E-state index contributed by atoms with van der Waals surface area (Å²) in [6, 6.07) is -2.72. The van der Waals surface area contributed by atoms with Gasteiger partial charge in [-0.15, -0.1) is 0 Å². The Morgan fingerprint density at radius 2 is 2.38 bits per heavy atom. The Morgan fingerprint density at radius 1 is 1.57 bits per heavy atom. The van der Waals surface area contributed by atoms with E-state index < -0.39 is 78.2 Å². The van der Waals surface area contributed by atoms with E-state index in [2.05, 4.69) is 4.98 Å². The van der Waals surface area contributed by atoms with Crippen LogP contribution in [0.15, 0.2) is 22.9 Å². The fraction of sp³-hybridized carbons (Fsp3) is 0.333. The second-order valence-corrected chi connectivity index (χ2v) is 4.49. The molecule has 2 aromatic rings. The van der Waals surface area contributed by atoms with Gasteiger partial charge in [0, 0.05) is 18.9 Å². The zero-order valence-corrected chi connectivity index (χ0v) is 10.7. The van der Waals surface area contributed by atoms with Gasteiger partial charge in [0.25, 0.3) is 5.56 Å². The van der Waals surface area contributed by atoms with Crippen molar-refractivity contribution in [3.63, 3.8) is 0 Å². The summed E-state index contributed by atoms with van der Waals surface area (Å²) in [7, 11) is 0. The van der Waals surface area contributed by atoms with Crippen molar-refractivity contribution in [2.45, 2.75) is 32.1 Å². The molecule has 0 saturated heterocycles. The molecule has 1 heterocycles. The highest BCUT2D eigenvalue weighted by molar-refractivity contribution is 6.03. The van der Waals surface area contributed by atoms with Gasteiger partial charge in [-0.2, -0.15) is 0 Å². The van der Waals surface area contributed by atoms with Crippen LogP contribution in [-0.4, -0.2) is 21.1 Å². The summed E-state index contributed by atoms with van der Waals surface area (Å²) in [5.74, 6) is -3.21. The Balaban J connectivity index is 2.49. The molecule has 0 bridgehead atoms. The van der Waals surface area contributed by atoms with Crippen LogP contribution < -0.4 is 11.3 Å². The molecular weight excluding hydrogens is 270 g/mol. The number of carbonyl (C=O) groups excluding carboxylic acids is 2. The van der Waals surface area contributed by atoms with E-state index in [1.54, 1.807) is 0 Å². The van der Waals surface area contributed by atoms with Gasteiger partial charge < -0.3 is 5.73 Å². The number of ketones is 2. The van der Waals surface area contributed by atoms with Crippen LogP contribution in [0.3, 0.4) is 0 Å². The summed E-state index contributed by atoms with van der Waals surface area (Å²) < 4.78 is 62.9. The van der Waals surface area contributed by atoms with E-state index in [1.807, 2.05) is 0 Å². The molecule has 1 aromatic carbocycles. The number of hydrogen-bond acceptors (Lipinski definition) is 5. The zero-order valence-electron chi connectivity index (χ0n) is 18.7. The third-order valence-corrected chi connectivity index (χ3v) is 3.16. The normalized spacial score (nSPS) is 31.2. The van der Waals surface area contributed by atoms with Gasteiger partial charge in [0.2, 0.25) is 0 Å². The van der Waals surface area contributed by atoms with Crippen LogP contribution in [0.2, 0.25) is 0 Å². The topological polar surface area (TPSA) is 95.0 Å². The van der Waals surface area contributed by atoms with Gasteiger partial charge in [0.15, 0.2) is 5.78 Å². The van der Waals surface area contributed by atoms with Crippen molar-refractivity contribution < 1.29 is 20.6 Å². The molecule has 1 atom stereocenters. The molecule has 108 valence electrons. The molecular formula is C15H15N3O3. The molecule has 0 aliphatic heterocycles. The molecule has 1 fully saturated rings. The largest absolute Gasteiger partial charge is 0.398 e. The molecule has 6 heteroatoms. The Hall–Kier alpha value is -2.50. The van der Waals surface area contributed by atoms with Crippen molar-refractivity contribution in [1.29, 1.82) is 0 Å². The third kappa shape index (κ3) is 2.12. The predicted molar refractivity (Wildman–Crippen MR) is 78.1 cm³/mol. The van der Waals surface area contributed by atoms with Gasteiger partial charge >= 0.3 is 0 Å². The second-order valence-electron chi connectivity index (χ2n) is 4.49. The van der Waals surface area contributed by atoms with Gasteiger partial charge in [0.1, 0.15) is 11.6 Å². The van der Waals surface area contributed by atoms with Gasteiger partial charge in [-0.25, -0.2) is 4.98 Å². The van der Waals surface area contributed by atoms with Gasteiger partial charge in [-0.05, 0) is 25.4 Å². The summed E-state index contributed by atoms with van der Waals surface area (Å²) in [6.07, 6.45) is -4.72. The van der Waals surface area contributed by atoms with Crippen molar-refractivity contribution in [3.8, 4) is 0 Å². The van der Waals surface area contributed by atoms with E-state index in [-0.39, 0.29) is 10.1 Å². The molecule has 6 nitrogen and oxygen atoms in total. The van der Waals surface area contributed by atoms with Crippen LogP contribution in [0.4, 0.5) is 5.69 Å². The van der Waals surface area contributed by atoms with Crippen molar-refractivity contribution in [2.75, 3.05) is 5.73 Å². The molecule has 2 N–H and O–H groups in total. The highest BCUT2D eigenvalue weighted by atomic mass is 16.2. The number of nitrogens with zero attached hydrogens (tertiary/aromatic N) is 2. The van der Waals surface area contributed by atoms with E-state index in [0.29, 0.717) is 0 Å². The lowest BCUT2D eigenvalue weighted by molar-refractivity contribution is -0.132. The molecule has 0 radical (unpaired) electrons. The zero-order chi connectivity index (χ0) is 22.1. The molecule has 1 unspecified atom stereocenters. The molecule has 0 spiro atoms. The maximum Gasteiger partial charge on any atom is 0.264 e. The molecule has 21 heavy (non-hydrogen) atoms. The number of rotatable bonds is 1. The molecule has 1 aliphatic carbocycles. The SMILES string of the molecule is [2H]c1cc2nc(C([2H])([2H])[2H])n(C3([2H])CC([2H])([2H])C(=O)CC3=O)c(=O)c2c(N)c1[2H]. The van der Waals surface area contributed by atoms with Crippen molar-refractivity contribution in [2.24, 2.45) is 0 Å². The highest BCUT2D eigenvalue weighted by Gasteiger charge is 2.30. The van der Waals surface area contributed by atoms with Crippen molar-refractivity contribution >= 4 is 28.2 Å². The quantitative estimate of drug-likeness (QED) is 0.628. The fourth-order valence-electron chi connectivity index (χ4n) is 2.19. The number of nitrogen functional groups attached to an aromatic ring is 1. The predicted octanol–water partition coefficient (Wildman–Crippen LogP) is 1.15. The molecule has 1 aliphatic rings. The number of benzene rings is 1. The smallest absolute Gasteiger partial charge is 0.264 e. The van der Waals surface area contributed by atoms with Crippen LogP contribution in [0.5, 0.6) is 0 Å². The standard InChI is InChI=1S/C15H15N3O3/c1-8-17-11-4-2-3-10(16)14(11)15(21)18(8)12-6-5-9(19)7-13(12)20/h2-4,12H,5-7,16H2,1H3/i1D3,2D,3D,5D2,12D. The van der Waals surface area contributed by atoms with E-state index >= 15 is 0 Å². The van der Waals surface area contributed by atoms with Gasteiger partial charge in [-0.1, -0.05) is 6.04 Å². The molecule has 0 amide bonds. The van der Waals surface area contributed by atoms with Gasteiger partial charge in [-0.3, -0.25) is 19.0 Å². The number of fused-ring (bicyclic) bond motifs is 1. The molecule has 1 aromatic heterocycles. The van der Waals surface area contributed by atoms with E-state index in [4.69, 9.17) is 16.7 Å². The maximum atomic E-state index is 13.2. The first-order valence-electron chi connectivity index (χ1n) is 10.0. The van der Waals surface area contributed by atoms with Crippen LogP contribution in [0, 0.1) is 6.85 Å². The Labute approximate surface area is 131 Å². The lowest BCUT2D eigenvalue weighted by atomic mass is 9.92. The van der Waals surface area contributed by atoms with E-state index in [1.165, 1.54) is 0 Å². The van der Waals surface area contributed by atoms with Gasteiger partial charge in [0.05, 0.1) is 27.5 Å². The van der Waals surface area contributed by atoms with Crippen LogP contribution in [0.25, 0.3) is 10.9 Å². The van der Waals surface area contributed by atoms with Crippen molar-refractivity contribution in [3.05, 3.63) is 34.3 Å². The number of hydrogen-bond donors (Lipinski definition) is 1. The number of anilines is 1. The summed E-state index contributed by atoms with van der Waals surface area (Å²) in [6.45, 7) is -3.09. The lowest BCUT2D eigenvalue weighted by Crippen LogP contribution is -2.36. The first-order chi connectivity index (χ1) is 13.1. The minimum absolute atomic E-state index is 0.244. The van der Waals surface area contributed by atoms with E-state index in [0.717, 1.165) is 6.07 Å². The monoisotopic (exact) mass is 293 g/mol. The van der Waals surface area contributed by atoms with Crippen LogP contribution in [0.1, 0.15) is 42.0 Å². The number of Topliss-reactive ketones (excluding diaryl/α,β-unsaturated/α-hetero) is 2. The number of carbonyl (C=O) groups is 2. The minimum Gasteiger partial charge on any atom is -0.398 e. The maximum absolute atomic E-state index is 13.2. The number of nitrogens with two attached hydrogens (primary N) is 1. The minimum atomic E-state index is -3.09. The van der Waals surface area contributed by atoms with Crippen molar-refractivity contribution in [1.82, 2.24) is 9.55 Å². The Kier molecular flexibility index (Phi) is 1.59. The highest BCUT2D eigenvalue weighted by Crippen LogP contribution is 2.24. The summed E-state index contributed by atoms with van der Waals surface area (Å²) in [5.41, 5.74) is 3.73. The van der Waals surface area contributed by atoms with Crippen LogP contribution in [-0.2, 0) is 9.59 Å². The summed E-state index contributed by atoms with van der Waals surface area (Å²) >= 11 is 0. The number of aromatic nitrogens is 2. The molecule has 1 saturated carbocycles. The first kappa shape index (κ1) is 6.98. The lowest BCUT2D eigenvalue weighted by Gasteiger charge is -2.24. The second kappa shape index (κ2) is 4.80. The summed E-state index contributed by atoms with van der Waals surface area (Å²) in [5, 5.41) is -0.462. The first-order valence-corrected chi connectivity index (χ1v) is 6.01. The number of aryl methyl sites for hydroxylation is 1. The average Bonchev–Trinajstić information content (AvgIpc) is 2.56. The fourth-order valence-corrected chi connectivity index (χ4v) is 2.19. The average molecular weight is 293 g/mol. The Morgan fingerprint density at radius 3 is 3.14 bits per heavy atom. The molecule has 3 rings (SSSR count). The Bertz CT molecular complexity index is 1140. The van der Waals surface area contributed by atoms with E-state index in [9.17, 15) is 14.4 Å². The third-order valence-electron chi connectivity index (χ3n) is 3.16.